The van der Waals surface area contributed by atoms with Crippen LogP contribution < -0.4 is 0 Å². The average Bonchev–Trinajstić information content (AvgIpc) is 2.31. The molecule has 0 fully saturated rings. The Labute approximate surface area is 97.6 Å². The number of ether oxygens (including phenoxy) is 1. The lowest BCUT2D eigenvalue weighted by molar-refractivity contribution is -0.146. The summed E-state index contributed by atoms with van der Waals surface area (Å²) in [4.78, 5) is 10.7. The summed E-state index contributed by atoms with van der Waals surface area (Å²) in [7, 11) is 0. The molecule has 0 bridgehead atoms. The molecule has 1 aromatic rings. The fraction of sp³-hybridized carbons (Fsp3) is 0.500. The number of carbonyl (C=O) groups excluding carboxylic acids is 1. The molecule has 0 aromatic heterocycles. The Kier molecular flexibility index (Phi) is 5.03. The van der Waals surface area contributed by atoms with Gasteiger partial charge in [-0.05, 0) is 18.4 Å². The lowest BCUT2D eigenvalue weighted by atomic mass is 9.85. The maximum Gasteiger partial charge on any atom is 0.293 e. The van der Waals surface area contributed by atoms with Gasteiger partial charge in [-0.25, -0.2) is 0 Å². The van der Waals surface area contributed by atoms with E-state index in [-0.39, 0.29) is 0 Å². The van der Waals surface area contributed by atoms with Crippen LogP contribution in [0.4, 0.5) is 0 Å². The Morgan fingerprint density at radius 2 is 1.69 bits per heavy atom. The van der Waals surface area contributed by atoms with Gasteiger partial charge in [-0.3, -0.25) is 4.79 Å². The average molecular weight is 220 g/mol. The number of rotatable bonds is 7. The van der Waals surface area contributed by atoms with Crippen LogP contribution in [0.15, 0.2) is 30.3 Å². The Hall–Kier alpha value is -1.31. The van der Waals surface area contributed by atoms with Crippen LogP contribution in [0.2, 0.25) is 0 Å². The first-order valence-electron chi connectivity index (χ1n) is 5.96. The zero-order valence-corrected chi connectivity index (χ0v) is 10.1. The van der Waals surface area contributed by atoms with Crippen molar-refractivity contribution in [3.8, 4) is 0 Å². The molecular weight excluding hydrogens is 200 g/mol. The molecule has 0 aliphatic rings. The van der Waals surface area contributed by atoms with Gasteiger partial charge in [0, 0.05) is 0 Å². The molecule has 0 aliphatic carbocycles. The van der Waals surface area contributed by atoms with E-state index in [1.54, 1.807) is 0 Å². The molecule has 2 nitrogen and oxygen atoms in total. The quantitative estimate of drug-likeness (QED) is 0.655. The van der Waals surface area contributed by atoms with Crippen LogP contribution in [0.1, 0.15) is 45.1 Å². The number of hydrogen-bond acceptors (Lipinski definition) is 2. The fourth-order valence-corrected chi connectivity index (χ4v) is 2.24. The second-order valence-electron chi connectivity index (χ2n) is 4.07. The molecule has 88 valence electrons. The lowest BCUT2D eigenvalue weighted by Gasteiger charge is -2.32. The normalized spacial score (nSPS) is 11.1. The number of hydrogen-bond donors (Lipinski definition) is 0. The molecule has 0 N–H and O–H groups in total. The molecule has 0 heterocycles. The molecule has 0 aliphatic heterocycles. The Balaban J connectivity index is 3.04. The zero-order valence-electron chi connectivity index (χ0n) is 10.1. The highest BCUT2D eigenvalue weighted by Crippen LogP contribution is 2.34. The molecule has 0 amide bonds. The van der Waals surface area contributed by atoms with Gasteiger partial charge in [-0.15, -0.1) is 0 Å². The summed E-state index contributed by atoms with van der Waals surface area (Å²) in [5.74, 6) is 0. The highest BCUT2D eigenvalue weighted by Gasteiger charge is 2.31. The van der Waals surface area contributed by atoms with Crippen molar-refractivity contribution in [3.05, 3.63) is 35.9 Å². The van der Waals surface area contributed by atoms with Crippen molar-refractivity contribution >= 4 is 6.47 Å². The molecule has 2 heteroatoms. The minimum absolute atomic E-state index is 0.424. The minimum Gasteiger partial charge on any atom is -0.456 e. The van der Waals surface area contributed by atoms with Crippen LogP contribution in [0.3, 0.4) is 0 Å². The van der Waals surface area contributed by atoms with Crippen molar-refractivity contribution in [3.63, 3.8) is 0 Å². The van der Waals surface area contributed by atoms with E-state index in [0.29, 0.717) is 6.47 Å². The Morgan fingerprint density at radius 3 is 2.12 bits per heavy atom. The van der Waals surface area contributed by atoms with Crippen LogP contribution in [-0.2, 0) is 15.1 Å². The largest absolute Gasteiger partial charge is 0.456 e. The Morgan fingerprint density at radius 1 is 1.12 bits per heavy atom. The van der Waals surface area contributed by atoms with E-state index in [4.69, 9.17) is 4.74 Å². The van der Waals surface area contributed by atoms with Gasteiger partial charge >= 0.3 is 0 Å². The van der Waals surface area contributed by atoms with E-state index in [9.17, 15) is 4.79 Å². The van der Waals surface area contributed by atoms with Crippen molar-refractivity contribution in [1.82, 2.24) is 0 Å². The Bertz CT molecular complexity index is 300. The van der Waals surface area contributed by atoms with E-state index < -0.39 is 5.60 Å². The second-order valence-corrected chi connectivity index (χ2v) is 4.07. The first kappa shape index (κ1) is 12.8. The van der Waals surface area contributed by atoms with Gasteiger partial charge in [-0.2, -0.15) is 0 Å². The number of carbonyl (C=O) groups is 1. The van der Waals surface area contributed by atoms with Gasteiger partial charge < -0.3 is 4.74 Å². The van der Waals surface area contributed by atoms with E-state index in [0.717, 1.165) is 31.2 Å². The van der Waals surface area contributed by atoms with Crippen LogP contribution in [0.5, 0.6) is 0 Å². The monoisotopic (exact) mass is 220 g/mol. The molecule has 0 unspecified atom stereocenters. The predicted octanol–water partition coefficient (Wildman–Crippen LogP) is 3.66. The van der Waals surface area contributed by atoms with E-state index in [1.807, 2.05) is 30.3 Å². The summed E-state index contributed by atoms with van der Waals surface area (Å²) in [5, 5.41) is 0. The summed E-state index contributed by atoms with van der Waals surface area (Å²) in [6.45, 7) is 4.81. The van der Waals surface area contributed by atoms with Crippen LogP contribution in [-0.4, -0.2) is 6.47 Å². The molecule has 1 rings (SSSR count). The highest BCUT2D eigenvalue weighted by molar-refractivity contribution is 5.40. The fourth-order valence-electron chi connectivity index (χ4n) is 2.24. The summed E-state index contributed by atoms with van der Waals surface area (Å²) < 4.78 is 5.42. The zero-order chi connectivity index (χ0) is 11.9. The predicted molar refractivity (Wildman–Crippen MR) is 65.1 cm³/mol. The van der Waals surface area contributed by atoms with E-state index in [2.05, 4.69) is 13.8 Å². The van der Waals surface area contributed by atoms with Crippen molar-refractivity contribution in [2.75, 3.05) is 0 Å². The molecule has 1 aromatic carbocycles. The van der Waals surface area contributed by atoms with E-state index >= 15 is 0 Å². The first-order chi connectivity index (χ1) is 7.79. The smallest absolute Gasteiger partial charge is 0.293 e. The maximum absolute atomic E-state index is 10.7. The summed E-state index contributed by atoms with van der Waals surface area (Å²) in [6.07, 6.45) is 3.76. The van der Waals surface area contributed by atoms with Gasteiger partial charge in [0.1, 0.15) is 5.60 Å². The standard InChI is InChI=1S/C14H20O2/c1-3-10-14(11-4-2,16-12-15)13-8-6-5-7-9-13/h5-9,12H,3-4,10-11H2,1-2H3. The molecule has 0 atom stereocenters. The third-order valence-corrected chi connectivity index (χ3v) is 2.88. The summed E-state index contributed by atoms with van der Waals surface area (Å²) in [6, 6.07) is 10.0. The van der Waals surface area contributed by atoms with Crippen molar-refractivity contribution < 1.29 is 9.53 Å². The van der Waals surface area contributed by atoms with Crippen molar-refractivity contribution in [2.45, 2.75) is 45.1 Å². The SMILES string of the molecule is CCCC(CCC)(OC=O)c1ccccc1. The van der Waals surface area contributed by atoms with Gasteiger partial charge in [0.2, 0.25) is 0 Å². The first-order valence-corrected chi connectivity index (χ1v) is 5.96. The maximum atomic E-state index is 10.7. The van der Waals surface area contributed by atoms with Gasteiger partial charge in [0.15, 0.2) is 0 Å². The highest BCUT2D eigenvalue weighted by atomic mass is 16.5. The summed E-state index contributed by atoms with van der Waals surface area (Å²) >= 11 is 0. The molecule has 0 radical (unpaired) electrons. The third-order valence-electron chi connectivity index (χ3n) is 2.88. The minimum atomic E-state index is -0.424. The number of benzene rings is 1. The van der Waals surface area contributed by atoms with Gasteiger partial charge in [0.05, 0.1) is 0 Å². The molecule has 16 heavy (non-hydrogen) atoms. The molecule has 0 saturated carbocycles. The van der Waals surface area contributed by atoms with Gasteiger partial charge in [0.25, 0.3) is 6.47 Å². The molecule has 0 spiro atoms. The molecular formula is C14H20O2. The van der Waals surface area contributed by atoms with Gasteiger partial charge in [-0.1, -0.05) is 57.0 Å². The lowest BCUT2D eigenvalue weighted by Crippen LogP contribution is -2.29. The second kappa shape index (κ2) is 6.31. The van der Waals surface area contributed by atoms with Crippen LogP contribution in [0.25, 0.3) is 0 Å². The topological polar surface area (TPSA) is 26.3 Å². The van der Waals surface area contributed by atoms with Crippen molar-refractivity contribution in [2.24, 2.45) is 0 Å². The van der Waals surface area contributed by atoms with Crippen LogP contribution in [0, 0.1) is 0 Å². The summed E-state index contributed by atoms with van der Waals surface area (Å²) in [5.41, 5.74) is 0.678. The molecule has 0 saturated heterocycles. The van der Waals surface area contributed by atoms with E-state index in [1.165, 1.54) is 0 Å². The third kappa shape index (κ3) is 2.84. The van der Waals surface area contributed by atoms with Crippen molar-refractivity contribution in [1.29, 1.82) is 0 Å². The van der Waals surface area contributed by atoms with Crippen LogP contribution >= 0.6 is 0 Å².